The molecule has 6 heteroatoms. The first-order valence-corrected chi connectivity index (χ1v) is 8.57. The van der Waals surface area contributed by atoms with Gasteiger partial charge in [-0.1, -0.05) is 6.07 Å². The lowest BCUT2D eigenvalue weighted by Gasteiger charge is -2.23. The third-order valence-electron chi connectivity index (χ3n) is 4.47. The van der Waals surface area contributed by atoms with E-state index in [9.17, 15) is 0 Å². The van der Waals surface area contributed by atoms with Crippen LogP contribution >= 0.6 is 0 Å². The Labute approximate surface area is 147 Å². The van der Waals surface area contributed by atoms with Gasteiger partial charge >= 0.3 is 0 Å². The lowest BCUT2D eigenvalue weighted by Crippen LogP contribution is -2.30. The maximum atomic E-state index is 5.96. The van der Waals surface area contributed by atoms with Crippen LogP contribution in [-0.2, 0) is 31.0 Å². The highest BCUT2D eigenvalue weighted by Crippen LogP contribution is 2.19. The summed E-state index contributed by atoms with van der Waals surface area (Å²) in [4.78, 5) is 6.56. The molecule has 6 nitrogen and oxygen atoms in total. The third kappa shape index (κ3) is 4.15. The lowest BCUT2D eigenvalue weighted by atomic mass is 10.1. The van der Waals surface area contributed by atoms with Crippen molar-refractivity contribution in [3.05, 3.63) is 72.2 Å². The number of pyridine rings is 1. The average Bonchev–Trinajstić information content (AvgIpc) is 3.25. The van der Waals surface area contributed by atoms with E-state index in [0.717, 1.165) is 31.7 Å². The SMILES string of the molecule is c1cncc(COCC2CN(Cc3ccoc3)Cc3ccnn3C2)c1. The molecule has 130 valence electrons. The molecule has 0 aliphatic carbocycles. The minimum absolute atomic E-state index is 0.393. The summed E-state index contributed by atoms with van der Waals surface area (Å²) in [5, 5.41) is 4.47. The summed E-state index contributed by atoms with van der Waals surface area (Å²) >= 11 is 0. The molecule has 0 radical (unpaired) electrons. The molecular formula is C19H22N4O2. The second kappa shape index (κ2) is 7.63. The minimum atomic E-state index is 0.393. The zero-order valence-electron chi connectivity index (χ0n) is 14.1. The van der Waals surface area contributed by atoms with Crippen LogP contribution < -0.4 is 0 Å². The Morgan fingerprint density at radius 2 is 2.16 bits per heavy atom. The van der Waals surface area contributed by atoms with Gasteiger partial charge in [-0.15, -0.1) is 0 Å². The molecule has 4 heterocycles. The first kappa shape index (κ1) is 16.1. The van der Waals surface area contributed by atoms with E-state index in [1.165, 1.54) is 11.3 Å². The summed E-state index contributed by atoms with van der Waals surface area (Å²) in [5.41, 5.74) is 3.55. The van der Waals surface area contributed by atoms with Crippen molar-refractivity contribution in [2.45, 2.75) is 26.2 Å². The number of ether oxygens (including phenoxy) is 1. The molecule has 3 aromatic heterocycles. The molecule has 0 fully saturated rings. The number of fused-ring (bicyclic) bond motifs is 1. The van der Waals surface area contributed by atoms with E-state index in [-0.39, 0.29) is 0 Å². The van der Waals surface area contributed by atoms with Crippen LogP contribution in [0.15, 0.2) is 59.8 Å². The van der Waals surface area contributed by atoms with E-state index in [1.54, 1.807) is 12.5 Å². The molecule has 0 saturated heterocycles. The number of nitrogens with zero attached hydrogens (tertiary/aromatic N) is 4. The molecule has 0 saturated carbocycles. The van der Waals surface area contributed by atoms with E-state index in [2.05, 4.69) is 25.7 Å². The maximum Gasteiger partial charge on any atom is 0.0947 e. The molecule has 1 unspecified atom stereocenters. The quantitative estimate of drug-likeness (QED) is 0.692. The first-order valence-electron chi connectivity index (χ1n) is 8.57. The van der Waals surface area contributed by atoms with Crippen molar-refractivity contribution in [2.24, 2.45) is 5.92 Å². The standard InChI is InChI=1S/C19H22N4O2/c1-2-16(8-20-5-1)13-25-15-18-10-22(9-17-4-7-24-14-17)12-19-3-6-21-23(19)11-18/h1-8,14,18H,9-13,15H2. The van der Waals surface area contributed by atoms with Gasteiger partial charge in [-0.2, -0.15) is 5.10 Å². The van der Waals surface area contributed by atoms with Crippen molar-refractivity contribution in [3.63, 3.8) is 0 Å². The average molecular weight is 338 g/mol. The van der Waals surface area contributed by atoms with Gasteiger partial charge in [-0.25, -0.2) is 0 Å². The number of aromatic nitrogens is 3. The van der Waals surface area contributed by atoms with Gasteiger partial charge in [-0.3, -0.25) is 14.6 Å². The van der Waals surface area contributed by atoms with Crippen molar-refractivity contribution in [3.8, 4) is 0 Å². The largest absolute Gasteiger partial charge is 0.472 e. The summed E-state index contributed by atoms with van der Waals surface area (Å²) in [6.45, 7) is 4.93. The fourth-order valence-corrected chi connectivity index (χ4v) is 3.31. The Hall–Kier alpha value is -2.44. The normalized spacial score (nSPS) is 18.0. The Balaban J connectivity index is 1.40. The fourth-order valence-electron chi connectivity index (χ4n) is 3.31. The molecular weight excluding hydrogens is 316 g/mol. The maximum absolute atomic E-state index is 5.96. The van der Waals surface area contributed by atoms with Gasteiger partial charge < -0.3 is 9.15 Å². The summed E-state index contributed by atoms with van der Waals surface area (Å²) in [6.07, 6.45) is 9.05. The third-order valence-corrected chi connectivity index (χ3v) is 4.47. The molecule has 0 amide bonds. The smallest absolute Gasteiger partial charge is 0.0947 e. The second-order valence-electron chi connectivity index (χ2n) is 6.55. The Morgan fingerprint density at radius 1 is 1.16 bits per heavy atom. The number of hydrogen-bond acceptors (Lipinski definition) is 5. The van der Waals surface area contributed by atoms with E-state index >= 15 is 0 Å². The van der Waals surface area contributed by atoms with E-state index in [1.807, 2.05) is 36.9 Å². The number of furan rings is 1. The van der Waals surface area contributed by atoms with Gasteiger partial charge in [0.1, 0.15) is 0 Å². The van der Waals surface area contributed by atoms with Crippen LogP contribution in [0.25, 0.3) is 0 Å². The highest BCUT2D eigenvalue weighted by molar-refractivity contribution is 5.08. The van der Waals surface area contributed by atoms with Gasteiger partial charge in [-0.05, 0) is 23.8 Å². The van der Waals surface area contributed by atoms with Crippen molar-refractivity contribution in [1.82, 2.24) is 19.7 Å². The van der Waals surface area contributed by atoms with Gasteiger partial charge in [0.05, 0.1) is 31.4 Å². The van der Waals surface area contributed by atoms with E-state index in [4.69, 9.17) is 9.15 Å². The summed E-state index contributed by atoms with van der Waals surface area (Å²) < 4.78 is 13.3. The van der Waals surface area contributed by atoms with Crippen molar-refractivity contribution >= 4 is 0 Å². The van der Waals surface area contributed by atoms with Gasteiger partial charge in [0, 0.05) is 56.3 Å². The highest BCUT2D eigenvalue weighted by atomic mass is 16.5. The summed E-state index contributed by atoms with van der Waals surface area (Å²) in [6, 6.07) is 8.10. The number of rotatable bonds is 6. The molecule has 0 aromatic carbocycles. The van der Waals surface area contributed by atoms with Crippen molar-refractivity contribution in [2.75, 3.05) is 13.2 Å². The Morgan fingerprint density at radius 3 is 3.00 bits per heavy atom. The molecule has 1 aliphatic rings. The fraction of sp³-hybridized carbons (Fsp3) is 0.368. The van der Waals surface area contributed by atoms with Gasteiger partial charge in [0.25, 0.3) is 0 Å². The molecule has 1 aliphatic heterocycles. The zero-order chi connectivity index (χ0) is 16.9. The molecule has 3 aromatic rings. The summed E-state index contributed by atoms with van der Waals surface area (Å²) in [5.74, 6) is 0.393. The molecule has 0 bridgehead atoms. The summed E-state index contributed by atoms with van der Waals surface area (Å²) in [7, 11) is 0. The molecule has 1 atom stereocenters. The van der Waals surface area contributed by atoms with Gasteiger partial charge in [0.15, 0.2) is 0 Å². The van der Waals surface area contributed by atoms with Crippen LogP contribution in [0.4, 0.5) is 0 Å². The van der Waals surface area contributed by atoms with E-state index < -0.39 is 0 Å². The lowest BCUT2D eigenvalue weighted by molar-refractivity contribution is 0.0655. The van der Waals surface area contributed by atoms with Crippen molar-refractivity contribution in [1.29, 1.82) is 0 Å². The predicted molar refractivity (Wildman–Crippen MR) is 92.4 cm³/mol. The molecule has 25 heavy (non-hydrogen) atoms. The number of hydrogen-bond donors (Lipinski definition) is 0. The topological polar surface area (TPSA) is 56.3 Å². The van der Waals surface area contributed by atoms with Crippen molar-refractivity contribution < 1.29 is 9.15 Å². The monoisotopic (exact) mass is 338 g/mol. The van der Waals surface area contributed by atoms with Gasteiger partial charge in [0.2, 0.25) is 0 Å². The minimum Gasteiger partial charge on any atom is -0.472 e. The van der Waals surface area contributed by atoms with Crippen LogP contribution in [0.1, 0.15) is 16.8 Å². The second-order valence-corrected chi connectivity index (χ2v) is 6.55. The molecule has 4 rings (SSSR count). The highest BCUT2D eigenvalue weighted by Gasteiger charge is 2.22. The Kier molecular flexibility index (Phi) is 4.90. The van der Waals surface area contributed by atoms with Crippen LogP contribution in [-0.4, -0.2) is 32.8 Å². The Bertz CT molecular complexity index is 770. The molecule has 0 spiro atoms. The van der Waals surface area contributed by atoms with Crippen LogP contribution in [0.5, 0.6) is 0 Å². The first-order chi connectivity index (χ1) is 12.4. The zero-order valence-corrected chi connectivity index (χ0v) is 14.1. The predicted octanol–water partition coefficient (Wildman–Crippen LogP) is 2.72. The van der Waals surface area contributed by atoms with E-state index in [0.29, 0.717) is 19.1 Å². The van der Waals surface area contributed by atoms with Crippen LogP contribution in [0, 0.1) is 5.92 Å². The van der Waals surface area contributed by atoms with Crippen LogP contribution in [0.3, 0.4) is 0 Å². The van der Waals surface area contributed by atoms with Crippen LogP contribution in [0.2, 0.25) is 0 Å². The molecule has 0 N–H and O–H groups in total.